The molecule has 0 spiro atoms. The highest BCUT2D eigenvalue weighted by atomic mass is 16.5. The lowest BCUT2D eigenvalue weighted by Crippen LogP contribution is -2.29. The zero-order valence-corrected chi connectivity index (χ0v) is 10.2. The fourth-order valence-electron chi connectivity index (χ4n) is 1.15. The van der Waals surface area contributed by atoms with Gasteiger partial charge in [0.1, 0.15) is 6.61 Å². The van der Waals surface area contributed by atoms with E-state index in [0.717, 1.165) is 0 Å². The molecule has 6 heteroatoms. The number of para-hydroxylation sites is 1. The molecule has 0 unspecified atom stereocenters. The number of Topliss-reactive ketones (excluding diaryl/α,β-unsaturated/α-hetero) is 1. The molecule has 0 aliphatic carbocycles. The number of hydrogen-bond donors (Lipinski definition) is 1. The molecule has 0 amide bonds. The van der Waals surface area contributed by atoms with Crippen LogP contribution in [0, 0.1) is 0 Å². The fraction of sp³-hybridized carbons (Fsp3) is 0.250. The van der Waals surface area contributed by atoms with Crippen molar-refractivity contribution in [3.05, 3.63) is 30.3 Å². The van der Waals surface area contributed by atoms with Gasteiger partial charge in [0.25, 0.3) is 0 Å². The van der Waals surface area contributed by atoms with Crippen LogP contribution in [0.25, 0.3) is 0 Å². The number of nitrogens with zero attached hydrogens (tertiary/aromatic N) is 1. The van der Waals surface area contributed by atoms with Gasteiger partial charge in [-0.05, 0) is 12.1 Å². The first-order valence-corrected chi connectivity index (χ1v) is 5.18. The summed E-state index contributed by atoms with van der Waals surface area (Å²) in [6, 6.07) is 8.93. The van der Waals surface area contributed by atoms with Crippen LogP contribution in [0.1, 0.15) is 0 Å². The third kappa shape index (κ3) is 3.99. The van der Waals surface area contributed by atoms with Crippen molar-refractivity contribution in [2.45, 2.75) is 0 Å². The Bertz CT molecular complexity index is 443. The summed E-state index contributed by atoms with van der Waals surface area (Å²) in [6.45, 7) is -0.232. The third-order valence-corrected chi connectivity index (χ3v) is 1.99. The Labute approximate surface area is 105 Å². The highest BCUT2D eigenvalue weighted by molar-refractivity contribution is 6.64. The Morgan fingerprint density at radius 2 is 1.89 bits per heavy atom. The molecule has 6 nitrogen and oxygen atoms in total. The second-order valence-electron chi connectivity index (χ2n) is 3.29. The number of benzene rings is 1. The van der Waals surface area contributed by atoms with Crippen LogP contribution in [0.5, 0.6) is 0 Å². The molecule has 1 aromatic rings. The largest absolute Gasteiger partial charge is 0.464 e. The molecule has 96 valence electrons. The molecule has 0 saturated carbocycles. The van der Waals surface area contributed by atoms with Gasteiger partial charge >= 0.3 is 5.97 Å². The van der Waals surface area contributed by atoms with Crippen molar-refractivity contribution in [3.63, 3.8) is 0 Å². The molecule has 0 saturated heterocycles. The molecule has 0 bridgehead atoms. The number of hydrogen-bond acceptors (Lipinski definition) is 6. The number of anilines is 1. The summed E-state index contributed by atoms with van der Waals surface area (Å²) in [5.41, 5.74) is 2.94. The fourth-order valence-corrected chi connectivity index (χ4v) is 1.15. The molecule has 0 aliphatic rings. The van der Waals surface area contributed by atoms with Crippen LogP contribution >= 0.6 is 0 Å². The van der Waals surface area contributed by atoms with Gasteiger partial charge in [-0.2, -0.15) is 5.10 Å². The lowest BCUT2D eigenvalue weighted by molar-refractivity contribution is -0.133. The van der Waals surface area contributed by atoms with Crippen molar-refractivity contribution in [3.8, 4) is 0 Å². The number of ketones is 1. The van der Waals surface area contributed by atoms with Crippen LogP contribution in [0.2, 0.25) is 0 Å². The molecule has 0 aromatic heterocycles. The number of rotatable bonds is 6. The normalized spacial score (nSPS) is 10.9. The molecule has 0 fully saturated rings. The molecule has 1 N–H and O–H groups in total. The van der Waals surface area contributed by atoms with Gasteiger partial charge in [-0.3, -0.25) is 10.2 Å². The molecule has 1 rings (SSSR count). The minimum Gasteiger partial charge on any atom is -0.464 e. The van der Waals surface area contributed by atoms with Gasteiger partial charge in [0.15, 0.2) is 0 Å². The van der Waals surface area contributed by atoms with Crippen molar-refractivity contribution >= 4 is 23.2 Å². The zero-order chi connectivity index (χ0) is 13.4. The predicted molar refractivity (Wildman–Crippen MR) is 66.4 cm³/mol. The molecule has 1 aromatic carbocycles. The van der Waals surface area contributed by atoms with E-state index in [9.17, 15) is 9.59 Å². The second kappa shape index (κ2) is 7.18. The molecule has 18 heavy (non-hydrogen) atoms. The van der Waals surface area contributed by atoms with Gasteiger partial charge in [-0.1, -0.05) is 18.2 Å². The first kappa shape index (κ1) is 13.9. The number of methoxy groups -OCH3 is 2. The van der Waals surface area contributed by atoms with Gasteiger partial charge in [-0.25, -0.2) is 4.79 Å². The molecular weight excluding hydrogens is 236 g/mol. The van der Waals surface area contributed by atoms with Gasteiger partial charge < -0.3 is 9.47 Å². The monoisotopic (exact) mass is 250 g/mol. The Morgan fingerprint density at radius 3 is 2.44 bits per heavy atom. The van der Waals surface area contributed by atoms with Crippen LogP contribution in [-0.4, -0.2) is 38.3 Å². The summed E-state index contributed by atoms with van der Waals surface area (Å²) in [5, 5.41) is 3.75. The molecule has 0 heterocycles. The van der Waals surface area contributed by atoms with Crippen molar-refractivity contribution in [2.24, 2.45) is 5.10 Å². The van der Waals surface area contributed by atoms with Gasteiger partial charge in [0.2, 0.25) is 11.5 Å². The number of hydrazone groups is 1. The van der Waals surface area contributed by atoms with Crippen LogP contribution in [-0.2, 0) is 19.1 Å². The van der Waals surface area contributed by atoms with E-state index in [1.807, 2.05) is 6.07 Å². The van der Waals surface area contributed by atoms with Crippen molar-refractivity contribution in [2.75, 3.05) is 26.3 Å². The maximum Gasteiger partial charge on any atom is 0.362 e. The third-order valence-electron chi connectivity index (χ3n) is 1.99. The van der Waals surface area contributed by atoms with E-state index in [4.69, 9.17) is 0 Å². The van der Waals surface area contributed by atoms with Gasteiger partial charge in [0, 0.05) is 7.11 Å². The smallest absolute Gasteiger partial charge is 0.362 e. The highest BCUT2D eigenvalue weighted by Crippen LogP contribution is 2.04. The van der Waals surface area contributed by atoms with Gasteiger partial charge in [-0.15, -0.1) is 0 Å². The Hall–Kier alpha value is -2.21. The Kier molecular flexibility index (Phi) is 5.53. The van der Waals surface area contributed by atoms with E-state index in [-0.39, 0.29) is 12.3 Å². The summed E-state index contributed by atoms with van der Waals surface area (Å²) >= 11 is 0. The van der Waals surface area contributed by atoms with E-state index in [1.54, 1.807) is 24.3 Å². The lowest BCUT2D eigenvalue weighted by atomic mass is 10.2. The van der Waals surface area contributed by atoms with Crippen LogP contribution < -0.4 is 5.43 Å². The minimum atomic E-state index is -0.805. The quantitative estimate of drug-likeness (QED) is 0.350. The van der Waals surface area contributed by atoms with E-state index >= 15 is 0 Å². The summed E-state index contributed by atoms with van der Waals surface area (Å²) in [4.78, 5) is 22.9. The maximum atomic E-state index is 11.6. The second-order valence-corrected chi connectivity index (χ2v) is 3.29. The van der Waals surface area contributed by atoms with Crippen molar-refractivity contribution in [1.82, 2.24) is 0 Å². The Morgan fingerprint density at radius 1 is 1.22 bits per heavy atom. The number of esters is 1. The average Bonchev–Trinajstić information content (AvgIpc) is 2.40. The Balaban J connectivity index is 2.83. The summed E-state index contributed by atoms with van der Waals surface area (Å²) < 4.78 is 9.15. The van der Waals surface area contributed by atoms with Gasteiger partial charge in [0.05, 0.1) is 12.8 Å². The molecule has 0 atom stereocenters. The zero-order valence-electron chi connectivity index (χ0n) is 10.2. The average molecular weight is 250 g/mol. The number of carbonyl (C=O) groups excluding carboxylic acids is 2. The van der Waals surface area contributed by atoms with E-state index < -0.39 is 11.8 Å². The number of nitrogens with one attached hydrogen (secondary N) is 1. The topological polar surface area (TPSA) is 77.0 Å². The first-order chi connectivity index (χ1) is 8.69. The van der Waals surface area contributed by atoms with E-state index in [2.05, 4.69) is 20.0 Å². The lowest BCUT2D eigenvalue weighted by Gasteiger charge is -2.04. The van der Waals surface area contributed by atoms with E-state index in [0.29, 0.717) is 5.69 Å². The van der Waals surface area contributed by atoms with Crippen molar-refractivity contribution < 1.29 is 19.1 Å². The summed E-state index contributed by atoms with van der Waals surface area (Å²) in [7, 11) is 2.54. The van der Waals surface area contributed by atoms with Crippen LogP contribution in [0.3, 0.4) is 0 Å². The molecular formula is C12H14N2O4. The maximum absolute atomic E-state index is 11.6. The standard InChI is InChI=1S/C12H14N2O4/c1-17-8-10(15)11(12(16)18-2)14-13-9-6-4-3-5-7-9/h3-7,13H,8H2,1-2H3/b14-11-. The molecule has 0 radical (unpaired) electrons. The summed E-state index contributed by atoms with van der Waals surface area (Å²) in [6.07, 6.45) is 0. The van der Waals surface area contributed by atoms with Crippen molar-refractivity contribution in [1.29, 1.82) is 0 Å². The first-order valence-electron chi connectivity index (χ1n) is 5.18. The summed E-state index contributed by atoms with van der Waals surface area (Å²) in [5.74, 6) is -1.35. The van der Waals surface area contributed by atoms with Crippen LogP contribution in [0.4, 0.5) is 5.69 Å². The SMILES string of the molecule is COCC(=O)/C(=N/Nc1ccccc1)C(=O)OC. The minimum absolute atomic E-state index is 0.232. The highest BCUT2D eigenvalue weighted by Gasteiger charge is 2.21. The number of ether oxygens (including phenoxy) is 2. The number of carbonyl (C=O) groups is 2. The van der Waals surface area contributed by atoms with Crippen LogP contribution in [0.15, 0.2) is 35.4 Å². The van der Waals surface area contributed by atoms with E-state index in [1.165, 1.54) is 14.2 Å². The molecule has 0 aliphatic heterocycles. The predicted octanol–water partition coefficient (Wildman–Crippen LogP) is 0.843.